The van der Waals surface area contributed by atoms with E-state index in [0.717, 1.165) is 74.4 Å². The van der Waals surface area contributed by atoms with Gasteiger partial charge in [0.1, 0.15) is 70.2 Å². The van der Waals surface area contributed by atoms with E-state index in [2.05, 4.69) is 98.4 Å². The molecule has 2 saturated carbocycles. The molecule has 3 aliphatic carbocycles. The van der Waals surface area contributed by atoms with E-state index in [1.807, 2.05) is 30.9 Å². The maximum atomic E-state index is 13.2. The molecule has 5 aliphatic heterocycles. The van der Waals surface area contributed by atoms with E-state index >= 15 is 0 Å². The number of ketones is 1. The predicted molar refractivity (Wildman–Crippen MR) is 537 cm³/mol. The summed E-state index contributed by atoms with van der Waals surface area (Å²) in [5.74, 6) is 1.46. The van der Waals surface area contributed by atoms with Crippen LogP contribution in [0.3, 0.4) is 0 Å². The molecule has 139 heavy (non-hydrogen) atoms. The van der Waals surface area contributed by atoms with Crippen molar-refractivity contribution in [3.05, 3.63) is 238 Å². The van der Waals surface area contributed by atoms with E-state index < -0.39 is 39.1 Å². The molecule has 3 fully saturated rings. The zero-order valence-corrected chi connectivity index (χ0v) is 81.1. The van der Waals surface area contributed by atoms with Crippen molar-refractivity contribution < 1.29 is 76.3 Å². The topological polar surface area (TPSA) is 518 Å². The number of thioether (sulfide) groups is 1. The fourth-order valence-corrected chi connectivity index (χ4v) is 20.9. The number of carbonyl (C=O) groups is 5. The molecule has 11 aromatic rings. The molecule has 718 valence electrons. The number of pyridine rings is 2. The predicted octanol–water partition coefficient (Wildman–Crippen LogP) is 14.2. The number of oxime groups is 1. The van der Waals surface area contributed by atoms with Gasteiger partial charge in [-0.25, -0.2) is 28.4 Å². The summed E-state index contributed by atoms with van der Waals surface area (Å²) in [5.41, 5.74) is 23.0. The second-order valence-corrected chi connectivity index (χ2v) is 38.9. The van der Waals surface area contributed by atoms with Gasteiger partial charge in [-0.1, -0.05) is 111 Å². The number of H-pyrrole nitrogens is 2. The number of sulfone groups is 1. The largest absolute Gasteiger partial charge is 0.504 e. The van der Waals surface area contributed by atoms with Crippen molar-refractivity contribution in [3.63, 3.8) is 0 Å². The first kappa shape index (κ1) is 98.7. The number of imidazole rings is 1. The number of nitrogens with one attached hydrogen (secondary N) is 6. The standard InChI is InChI=1S/C26H33N7O.C23H24ClN5O6.C22H18N2O4S2.C15H14ClN3O3S.C11H7N3O2S/c1-25(2)9-15-10-26(3,12-25)13-32(15)23-17(11-27)19-16-8-18(34)33(14-6-4-5-7-14)24(16)31-22(29)20(19)21(28)30-23;1-13-7-21(27-29(13)12-22(30)25-11-14-5-4-6-34-14)26-23(31)20-9-17(28-35-20)15-8-16(24)19(33-3)10-18(15)32-2;1-2-28-16-7-9-17(10-8-16)30(26,27)14-15-13-20(29-22-23-11-12-24-22)21(25)19-6-4-3-5-18(15)19;1-8-2-4-11(10(16)6-8)18-15(23)19-17-7-9-3-5-12(20)14(22)13(9)21;15-9-7(8-10(16)14-11(17)13-8)5-3-1-2-4-6(5)12-9/h14-15H,4-10,12-13H2,1-3H3,(H2,28,30)(H2,29,31);4-8,10,20H,9,11-12H2,1-3H3,(H,25,30)(H,26,27,31);3-11,13-14H,2,12H2,1H3;2-7,20-22H,1H3,(H2,18,19,23);1-4,16H,(H2,13,14,17)/b;;15-14-;17-7+;. The molecule has 42 heteroatoms. The number of aromatic nitrogens is 6. The van der Waals surface area contributed by atoms with E-state index in [9.17, 15) is 58.1 Å². The summed E-state index contributed by atoms with van der Waals surface area (Å²) in [4.78, 5) is 99.8. The fraction of sp³-hybridized carbons (Fsp3) is 0.278. The van der Waals surface area contributed by atoms with Crippen LogP contribution in [-0.2, 0) is 53.4 Å². The van der Waals surface area contributed by atoms with Crippen LogP contribution in [0.1, 0.15) is 140 Å². The van der Waals surface area contributed by atoms with Gasteiger partial charge in [-0.15, -0.1) is 0 Å². The number of rotatable bonds is 20. The van der Waals surface area contributed by atoms with Gasteiger partial charge < -0.3 is 86.2 Å². The highest BCUT2D eigenvalue weighted by Gasteiger charge is 2.51. The third-order valence-corrected chi connectivity index (χ3v) is 27.2. The second-order valence-electron chi connectivity index (χ2n) is 34.5. The number of nitrogens with zero attached hydrogens (tertiary/aromatic N) is 12. The van der Waals surface area contributed by atoms with E-state index in [4.69, 9.17) is 87.6 Å². The number of hydrazone groups is 1. The number of aromatic amines is 2. The number of nitrogens with two attached hydrogens (primary N) is 2. The van der Waals surface area contributed by atoms with Gasteiger partial charge >= 0.3 is 0 Å². The van der Waals surface area contributed by atoms with Crippen LogP contribution in [0.4, 0.5) is 34.8 Å². The Kier molecular flexibility index (Phi) is 29.9. The summed E-state index contributed by atoms with van der Waals surface area (Å²) >= 11 is 23.4. The zero-order valence-electron chi connectivity index (χ0n) is 76.3. The highest BCUT2D eigenvalue weighted by Crippen LogP contribution is 2.55. The molecule has 8 aliphatic rings. The Bertz CT molecular complexity index is 7310. The van der Waals surface area contributed by atoms with Gasteiger partial charge in [0.15, 0.2) is 48.0 Å². The molecular formula is C97H96Cl2N20O16S4. The zero-order chi connectivity index (χ0) is 99.1. The first-order chi connectivity index (χ1) is 66.5. The van der Waals surface area contributed by atoms with Crippen LogP contribution in [0, 0.1) is 40.8 Å². The lowest BCUT2D eigenvalue weighted by molar-refractivity contribution is -0.126. The van der Waals surface area contributed by atoms with Crippen LogP contribution >= 0.6 is 59.4 Å². The van der Waals surface area contributed by atoms with Crippen molar-refractivity contribution in [1.82, 2.24) is 40.5 Å². The van der Waals surface area contributed by atoms with Crippen molar-refractivity contribution in [1.29, 1.82) is 5.26 Å². The number of aromatic hydroxyl groups is 4. The van der Waals surface area contributed by atoms with Crippen molar-refractivity contribution >= 4 is 184 Å². The number of nitriles is 1. The number of benzene rings is 6. The van der Waals surface area contributed by atoms with Crippen LogP contribution in [0.15, 0.2) is 191 Å². The number of amides is 4. The maximum absolute atomic E-state index is 13.2. The highest BCUT2D eigenvalue weighted by atomic mass is 35.5. The molecule has 5 aromatic heterocycles. The van der Waals surface area contributed by atoms with Crippen molar-refractivity contribution in [3.8, 4) is 46.4 Å². The molecular weight excluding hydrogens is 1900 g/mol. The van der Waals surface area contributed by atoms with Crippen molar-refractivity contribution in [2.24, 2.45) is 36.1 Å². The first-order valence-corrected chi connectivity index (χ1v) is 47.8. The molecule has 2 bridgehead atoms. The molecule has 3 unspecified atom stereocenters. The summed E-state index contributed by atoms with van der Waals surface area (Å²) in [6, 6.07) is 39.9. The number of aryl methyl sites for hydroxylation is 2. The molecule has 19 rings (SSSR count). The van der Waals surface area contributed by atoms with E-state index in [-0.39, 0.29) is 110 Å². The number of carbonyl (C=O) groups excluding carboxylic acids is 5. The lowest BCUT2D eigenvalue weighted by Crippen LogP contribution is -2.36. The average Bonchev–Trinajstić information content (AvgIpc) is 1.57. The van der Waals surface area contributed by atoms with Crippen LogP contribution in [-0.4, -0.2) is 168 Å². The first-order valence-electron chi connectivity index (χ1n) is 43.8. The Morgan fingerprint density at radius 2 is 1.57 bits per heavy atom. The summed E-state index contributed by atoms with van der Waals surface area (Å²) in [7, 11) is -0.721. The minimum Gasteiger partial charge on any atom is -0.504 e. The molecule has 10 heterocycles. The summed E-state index contributed by atoms with van der Waals surface area (Å²) < 4.78 is 49.0. The van der Waals surface area contributed by atoms with Gasteiger partial charge in [0, 0.05) is 87.4 Å². The number of para-hydroxylation sites is 1. The minimum atomic E-state index is -3.75. The monoisotopic (exact) mass is 1990 g/mol. The maximum Gasteiger partial charge on any atom is 0.280 e. The SMILES string of the molecule is CC1(C)CC2CC(C)(CN2c2nc(N)c3c(N)nc4c(c3c2C#N)CC(=O)N4C2CCCC2)C1.CCOc1ccc(S(=O)(=O)/C=C2/C=C(SC3=NCC=N3)C(=O)c3ccccc32)cc1.COc1cc(OC)c(C2=NOC(C(=O)Nc3cc(C)n(CC(=O)NCc4ccco4)n3)C2)cc1Cl.Cc1ccc(NC(=S)N/N=C/c2ccc(O)c(O)c2O)c(Cl)c1.O=C1N=c2ccccc2=C1c1[nH]c(=S)[nH]c1O. The van der Waals surface area contributed by atoms with E-state index in [1.165, 1.54) is 54.8 Å². The van der Waals surface area contributed by atoms with Gasteiger partial charge in [-0.3, -0.25) is 44.0 Å². The van der Waals surface area contributed by atoms with Crippen LogP contribution in [0.5, 0.6) is 40.4 Å². The normalized spacial score (nSPS) is 17.7. The summed E-state index contributed by atoms with van der Waals surface area (Å²) in [5, 5.41) is 74.2. The number of ether oxygens (including phenoxy) is 3. The number of hydrogen-bond acceptors (Lipinski definition) is 30. The average molecular weight is 2000 g/mol. The Hall–Kier alpha value is -14.8. The van der Waals surface area contributed by atoms with Gasteiger partial charge in [-0.2, -0.15) is 15.5 Å². The summed E-state index contributed by atoms with van der Waals surface area (Å²) in [6.45, 7) is 14.7. The van der Waals surface area contributed by atoms with Gasteiger partial charge in [0.25, 0.3) is 11.8 Å². The van der Waals surface area contributed by atoms with E-state index in [1.54, 1.807) is 123 Å². The van der Waals surface area contributed by atoms with Crippen LogP contribution in [0.25, 0.3) is 21.9 Å². The number of aliphatic imine (C=N–C) groups is 2. The molecule has 0 radical (unpaired) electrons. The Morgan fingerprint density at radius 1 is 0.835 bits per heavy atom. The lowest BCUT2D eigenvalue weighted by atomic mass is 9.65. The highest BCUT2D eigenvalue weighted by molar-refractivity contribution is 8.18. The molecule has 14 N–H and O–H groups in total. The number of nitrogen functional groups attached to an aromatic ring is 2. The lowest BCUT2D eigenvalue weighted by Gasteiger charge is -2.39. The minimum absolute atomic E-state index is 0.00633. The van der Waals surface area contributed by atoms with E-state index in [0.29, 0.717) is 152 Å². The molecule has 36 nitrogen and oxygen atoms in total. The molecule has 0 spiro atoms. The fourth-order valence-electron chi connectivity index (χ4n) is 17.9. The number of phenolic OH excluding ortho intramolecular Hbond substituents is 3. The van der Waals surface area contributed by atoms with Crippen molar-refractivity contribution in [2.75, 3.05) is 65.8 Å². The number of hydrogen-bond donors (Lipinski definition) is 12. The molecule has 4 amide bonds. The Balaban J connectivity index is 0.000000134. The second kappa shape index (κ2) is 42.1. The molecule has 3 atom stereocenters. The Morgan fingerprint density at radius 3 is 2.26 bits per heavy atom. The van der Waals surface area contributed by atoms with Crippen LogP contribution in [0.2, 0.25) is 10.0 Å². The smallest absolute Gasteiger partial charge is 0.280 e. The third-order valence-electron chi connectivity index (χ3n) is 23.8. The van der Waals surface area contributed by atoms with Gasteiger partial charge in [0.05, 0.1) is 100 Å². The molecule has 1 saturated heterocycles. The number of anilines is 6. The third kappa shape index (κ3) is 22.3. The quantitative estimate of drug-likeness (QED) is 0.0146. The van der Waals surface area contributed by atoms with Crippen LogP contribution < -0.4 is 67.4 Å². The number of Topliss-reactive ketones (excluding diaryl/α,β-unsaturated/α-hetero) is 1. The Labute approximate surface area is 821 Å². The number of amidine groups is 1. The number of methoxy groups -OCH3 is 2. The number of furan rings is 1. The number of thiocarbonyl (C=S) groups is 1. The van der Waals surface area contributed by atoms with Gasteiger partial charge in [-0.05, 0) is 195 Å². The molecule has 6 aromatic carbocycles. The van der Waals surface area contributed by atoms with Crippen molar-refractivity contribution in [2.45, 2.75) is 136 Å². The number of halogens is 2. The summed E-state index contributed by atoms with van der Waals surface area (Å²) in [6.07, 6.45) is 13.1. The van der Waals surface area contributed by atoms with Gasteiger partial charge in [0.2, 0.25) is 29.5 Å². The number of phenols is 3. The number of allylic oxidation sites excluding steroid dienone is 3. The number of fused-ring (bicyclic) bond motifs is 7.